The summed E-state index contributed by atoms with van der Waals surface area (Å²) < 4.78 is 11.4. The van der Waals surface area contributed by atoms with Gasteiger partial charge in [0.15, 0.2) is 0 Å². The van der Waals surface area contributed by atoms with E-state index < -0.39 is 0 Å². The van der Waals surface area contributed by atoms with Gasteiger partial charge in [-0.05, 0) is 43.5 Å². The topological polar surface area (TPSA) is 18.5 Å². The summed E-state index contributed by atoms with van der Waals surface area (Å²) in [5, 5.41) is 0. The summed E-state index contributed by atoms with van der Waals surface area (Å²) in [6, 6.07) is 6.01. The van der Waals surface area contributed by atoms with Crippen molar-refractivity contribution >= 4 is 11.6 Å². The van der Waals surface area contributed by atoms with Crippen molar-refractivity contribution < 1.29 is 9.47 Å². The Kier molecular flexibility index (Phi) is 5.57. The quantitative estimate of drug-likeness (QED) is 0.620. The van der Waals surface area contributed by atoms with Crippen LogP contribution in [0.2, 0.25) is 0 Å². The molecule has 0 aromatic heterocycles. The molecule has 1 atom stereocenters. The maximum Gasteiger partial charge on any atom is 0.122 e. The molecule has 1 fully saturated rings. The predicted molar refractivity (Wildman–Crippen MR) is 77.9 cm³/mol. The van der Waals surface area contributed by atoms with Crippen LogP contribution in [0.15, 0.2) is 18.2 Å². The van der Waals surface area contributed by atoms with Gasteiger partial charge in [-0.2, -0.15) is 0 Å². The molecule has 0 saturated carbocycles. The Labute approximate surface area is 120 Å². The van der Waals surface area contributed by atoms with E-state index in [2.05, 4.69) is 11.8 Å². The Balaban J connectivity index is 1.93. The van der Waals surface area contributed by atoms with E-state index in [1.807, 2.05) is 25.1 Å². The summed E-state index contributed by atoms with van der Waals surface area (Å²) >= 11 is 5.59. The summed E-state index contributed by atoms with van der Waals surface area (Å²) in [5.41, 5.74) is 2.11. The number of rotatable bonds is 4. The van der Waals surface area contributed by atoms with Gasteiger partial charge in [0.1, 0.15) is 12.4 Å². The summed E-state index contributed by atoms with van der Waals surface area (Å²) in [5.74, 6) is 7.62. The summed E-state index contributed by atoms with van der Waals surface area (Å²) in [4.78, 5) is 0. The maximum atomic E-state index is 5.81. The minimum Gasteiger partial charge on any atom is -0.491 e. The van der Waals surface area contributed by atoms with E-state index in [9.17, 15) is 0 Å². The highest BCUT2D eigenvalue weighted by Gasteiger charge is 2.16. The van der Waals surface area contributed by atoms with Gasteiger partial charge in [-0.3, -0.25) is 0 Å². The number of alkyl halides is 1. The predicted octanol–water partition coefficient (Wildman–Crippen LogP) is 3.53. The first kappa shape index (κ1) is 14.2. The van der Waals surface area contributed by atoms with Gasteiger partial charge in [0.2, 0.25) is 0 Å². The van der Waals surface area contributed by atoms with Crippen molar-refractivity contribution in [1.82, 2.24) is 0 Å². The molecule has 0 N–H and O–H groups in total. The van der Waals surface area contributed by atoms with Crippen LogP contribution in [-0.2, 0) is 4.74 Å². The Morgan fingerprint density at radius 2 is 2.37 bits per heavy atom. The third-order valence-electron chi connectivity index (χ3n) is 3.08. The van der Waals surface area contributed by atoms with Crippen LogP contribution in [0.1, 0.15) is 30.4 Å². The molecule has 3 heteroatoms. The third kappa shape index (κ3) is 4.45. The first-order valence-corrected chi connectivity index (χ1v) is 7.23. The van der Waals surface area contributed by atoms with Crippen molar-refractivity contribution in [3.8, 4) is 17.6 Å². The van der Waals surface area contributed by atoms with E-state index in [0.29, 0.717) is 12.5 Å². The highest BCUT2D eigenvalue weighted by molar-refractivity contribution is 6.18. The summed E-state index contributed by atoms with van der Waals surface area (Å²) in [6.07, 6.45) is 3.21. The van der Waals surface area contributed by atoms with Gasteiger partial charge >= 0.3 is 0 Å². The minimum absolute atomic E-state index is 0.252. The number of benzene rings is 1. The van der Waals surface area contributed by atoms with Gasteiger partial charge in [0, 0.05) is 24.5 Å². The van der Waals surface area contributed by atoms with Gasteiger partial charge in [-0.15, -0.1) is 11.6 Å². The molecule has 0 bridgehead atoms. The van der Waals surface area contributed by atoms with Crippen LogP contribution >= 0.6 is 11.6 Å². The average molecular weight is 279 g/mol. The van der Waals surface area contributed by atoms with Gasteiger partial charge in [-0.25, -0.2) is 0 Å². The molecular formula is C16H19ClO2. The van der Waals surface area contributed by atoms with Crippen LogP contribution in [0.4, 0.5) is 0 Å². The minimum atomic E-state index is 0.252. The molecule has 1 heterocycles. The highest BCUT2D eigenvalue weighted by atomic mass is 35.5. The fourth-order valence-corrected chi connectivity index (χ4v) is 2.15. The van der Waals surface area contributed by atoms with Crippen LogP contribution in [-0.4, -0.2) is 25.2 Å². The second kappa shape index (κ2) is 7.43. The lowest BCUT2D eigenvalue weighted by Crippen LogP contribution is -2.16. The van der Waals surface area contributed by atoms with Crippen LogP contribution < -0.4 is 4.74 Å². The van der Waals surface area contributed by atoms with Crippen molar-refractivity contribution in [2.24, 2.45) is 0 Å². The Bertz CT molecular complexity index is 467. The van der Waals surface area contributed by atoms with E-state index in [1.165, 1.54) is 0 Å². The van der Waals surface area contributed by atoms with E-state index >= 15 is 0 Å². The zero-order valence-electron chi connectivity index (χ0n) is 11.2. The Morgan fingerprint density at radius 3 is 3.05 bits per heavy atom. The van der Waals surface area contributed by atoms with Crippen molar-refractivity contribution in [2.45, 2.75) is 32.3 Å². The van der Waals surface area contributed by atoms with Crippen LogP contribution in [0.25, 0.3) is 0 Å². The lowest BCUT2D eigenvalue weighted by Gasteiger charge is -2.13. The maximum absolute atomic E-state index is 5.81. The first-order valence-electron chi connectivity index (χ1n) is 6.69. The van der Waals surface area contributed by atoms with Gasteiger partial charge < -0.3 is 9.47 Å². The molecule has 19 heavy (non-hydrogen) atoms. The molecule has 0 spiro atoms. The molecule has 2 rings (SSSR count). The molecule has 0 radical (unpaired) electrons. The SMILES string of the molecule is Cc1cc(C#CCCCl)ccc1OCC1CCCO1. The molecule has 1 unspecified atom stereocenters. The normalized spacial score (nSPS) is 17.9. The van der Waals surface area contributed by atoms with E-state index in [0.717, 1.165) is 42.7 Å². The first-order chi connectivity index (χ1) is 9.29. The number of halogens is 1. The number of hydrogen-bond acceptors (Lipinski definition) is 2. The van der Waals surface area contributed by atoms with Crippen LogP contribution in [0, 0.1) is 18.8 Å². The summed E-state index contributed by atoms with van der Waals surface area (Å²) in [7, 11) is 0. The molecular weight excluding hydrogens is 260 g/mol. The second-order valence-corrected chi connectivity index (χ2v) is 5.05. The van der Waals surface area contributed by atoms with Crippen LogP contribution in [0.3, 0.4) is 0 Å². The molecule has 1 saturated heterocycles. The smallest absolute Gasteiger partial charge is 0.122 e. The Hall–Kier alpha value is -1.17. The van der Waals surface area contributed by atoms with E-state index in [-0.39, 0.29) is 6.10 Å². The van der Waals surface area contributed by atoms with E-state index in [4.69, 9.17) is 21.1 Å². The summed E-state index contributed by atoms with van der Waals surface area (Å²) in [6.45, 7) is 3.54. The van der Waals surface area contributed by atoms with Gasteiger partial charge in [-0.1, -0.05) is 11.8 Å². The van der Waals surface area contributed by atoms with Crippen molar-refractivity contribution in [3.05, 3.63) is 29.3 Å². The fourth-order valence-electron chi connectivity index (χ4n) is 2.06. The average Bonchev–Trinajstić information content (AvgIpc) is 2.91. The molecule has 1 aromatic rings. The number of aryl methyl sites for hydroxylation is 1. The Morgan fingerprint density at radius 1 is 1.47 bits per heavy atom. The molecule has 1 aliphatic heterocycles. The van der Waals surface area contributed by atoms with Crippen molar-refractivity contribution in [3.63, 3.8) is 0 Å². The van der Waals surface area contributed by atoms with Crippen LogP contribution in [0.5, 0.6) is 5.75 Å². The van der Waals surface area contributed by atoms with Gasteiger partial charge in [0.05, 0.1) is 6.10 Å². The van der Waals surface area contributed by atoms with Crippen molar-refractivity contribution in [1.29, 1.82) is 0 Å². The lowest BCUT2D eigenvalue weighted by molar-refractivity contribution is 0.0677. The van der Waals surface area contributed by atoms with Gasteiger partial charge in [0.25, 0.3) is 0 Å². The highest BCUT2D eigenvalue weighted by Crippen LogP contribution is 2.20. The third-order valence-corrected chi connectivity index (χ3v) is 3.26. The number of ether oxygens (including phenoxy) is 2. The van der Waals surface area contributed by atoms with E-state index in [1.54, 1.807) is 0 Å². The zero-order chi connectivity index (χ0) is 13.5. The zero-order valence-corrected chi connectivity index (χ0v) is 12.0. The lowest BCUT2D eigenvalue weighted by atomic mass is 10.1. The number of hydrogen-bond donors (Lipinski definition) is 0. The molecule has 0 amide bonds. The second-order valence-electron chi connectivity index (χ2n) is 4.67. The monoisotopic (exact) mass is 278 g/mol. The molecule has 1 aliphatic rings. The van der Waals surface area contributed by atoms with Crippen molar-refractivity contribution in [2.75, 3.05) is 19.1 Å². The molecule has 2 nitrogen and oxygen atoms in total. The molecule has 0 aliphatic carbocycles. The largest absolute Gasteiger partial charge is 0.491 e. The molecule has 102 valence electrons. The standard InChI is InChI=1S/C16H19ClO2/c1-13-11-14(5-2-3-9-17)7-8-16(13)19-12-15-6-4-10-18-15/h7-8,11,15H,3-4,6,9-10,12H2,1H3. The molecule has 1 aromatic carbocycles. The fraction of sp³-hybridized carbons (Fsp3) is 0.500.